The number of halogens is 1. The molecule has 6 atom stereocenters. The van der Waals surface area contributed by atoms with Gasteiger partial charge in [-0.1, -0.05) is 36.7 Å². The van der Waals surface area contributed by atoms with E-state index in [-0.39, 0.29) is 16.9 Å². The number of anilines is 1. The number of ether oxygens (including phenoxy) is 2. The Balaban J connectivity index is 1.32. The van der Waals surface area contributed by atoms with Crippen molar-refractivity contribution in [3.05, 3.63) is 70.3 Å². The summed E-state index contributed by atoms with van der Waals surface area (Å²) in [6.07, 6.45) is 12.3. The van der Waals surface area contributed by atoms with Crippen molar-refractivity contribution in [1.82, 2.24) is 4.72 Å². The quantitative estimate of drug-likeness (QED) is 0.335. The Labute approximate surface area is 266 Å². The summed E-state index contributed by atoms with van der Waals surface area (Å²) >= 11 is 6.43. The molecule has 3 heterocycles. The number of hydrogen-bond acceptors (Lipinski definition) is 6. The van der Waals surface area contributed by atoms with E-state index in [0.29, 0.717) is 30.4 Å². The van der Waals surface area contributed by atoms with E-state index >= 15 is 0 Å². The molecule has 0 unspecified atom stereocenters. The second-order valence-electron chi connectivity index (χ2n) is 13.9. The van der Waals surface area contributed by atoms with E-state index < -0.39 is 21.2 Å². The van der Waals surface area contributed by atoms with Crippen molar-refractivity contribution >= 4 is 33.2 Å². The molecular formula is C35H43ClN2O5S. The van der Waals surface area contributed by atoms with E-state index in [2.05, 4.69) is 33.9 Å². The monoisotopic (exact) mass is 638 g/mol. The highest BCUT2D eigenvalue weighted by atomic mass is 35.5. The number of nitrogens with zero attached hydrogens (tertiary/aromatic N) is 1. The molecule has 0 radical (unpaired) electrons. The molecule has 44 heavy (non-hydrogen) atoms. The lowest BCUT2D eigenvalue weighted by Gasteiger charge is -2.49. The van der Waals surface area contributed by atoms with Gasteiger partial charge in [-0.05, 0) is 118 Å². The van der Waals surface area contributed by atoms with Crippen LogP contribution < -0.4 is 14.4 Å². The standard InChI is InChI=1S/C35H43ClN2O5S/c1-23-6-3-15-35(16-5-17-43-35)30-11-8-27(30)20-38-21-34(14-4-7-25-18-28(36)10-12-29(25)34)22-42-32-13-9-26(19-31(32)38)33(39)37-44(40,41)24(23)2/h3,9-10,12-13,15,18-19,23-24,27,30H,4-8,11,14,16-17,20-22H2,1-2H3,(H,37,39)/b15-3+/t23-,24+,27-,30+,34-,35+/m0/s1. The summed E-state index contributed by atoms with van der Waals surface area (Å²) in [5.74, 6) is 0.772. The van der Waals surface area contributed by atoms with Gasteiger partial charge in [0.15, 0.2) is 0 Å². The molecule has 2 spiro atoms. The van der Waals surface area contributed by atoms with Crippen LogP contribution in [0, 0.1) is 17.8 Å². The number of sulfonamides is 1. The summed E-state index contributed by atoms with van der Waals surface area (Å²) in [6.45, 7) is 6.47. The number of benzene rings is 2. The van der Waals surface area contributed by atoms with Crippen molar-refractivity contribution in [1.29, 1.82) is 0 Å². The van der Waals surface area contributed by atoms with Crippen molar-refractivity contribution in [2.45, 2.75) is 81.5 Å². The Morgan fingerprint density at radius 2 is 1.93 bits per heavy atom. The first-order valence-electron chi connectivity index (χ1n) is 16.3. The zero-order chi connectivity index (χ0) is 30.7. The van der Waals surface area contributed by atoms with Crippen LogP contribution in [-0.2, 0) is 26.6 Å². The minimum absolute atomic E-state index is 0.166. The third-order valence-corrected chi connectivity index (χ3v) is 13.5. The van der Waals surface area contributed by atoms with Gasteiger partial charge in [-0.25, -0.2) is 13.1 Å². The Hall–Kier alpha value is -2.55. The lowest BCUT2D eigenvalue weighted by Crippen LogP contribution is -2.52. The van der Waals surface area contributed by atoms with E-state index in [1.165, 1.54) is 11.1 Å². The summed E-state index contributed by atoms with van der Waals surface area (Å²) in [4.78, 5) is 15.9. The predicted molar refractivity (Wildman–Crippen MR) is 173 cm³/mol. The second kappa shape index (κ2) is 11.4. The highest BCUT2D eigenvalue weighted by Crippen LogP contribution is 2.51. The molecule has 9 heteroatoms. The van der Waals surface area contributed by atoms with Crippen LogP contribution >= 0.6 is 11.6 Å². The maximum atomic E-state index is 13.4. The van der Waals surface area contributed by atoms with E-state index in [1.807, 2.05) is 25.1 Å². The van der Waals surface area contributed by atoms with E-state index in [0.717, 1.165) is 81.1 Å². The number of hydrogen-bond donors (Lipinski definition) is 1. The van der Waals surface area contributed by atoms with Gasteiger partial charge in [0.1, 0.15) is 5.75 Å². The van der Waals surface area contributed by atoms with Gasteiger partial charge < -0.3 is 14.4 Å². The lowest BCUT2D eigenvalue weighted by atomic mass is 9.63. The van der Waals surface area contributed by atoms with Crippen molar-refractivity contribution in [3.63, 3.8) is 0 Å². The van der Waals surface area contributed by atoms with E-state index in [1.54, 1.807) is 13.0 Å². The zero-order valence-electron chi connectivity index (χ0n) is 25.7. The fraction of sp³-hybridized carbons (Fsp3) is 0.571. The summed E-state index contributed by atoms with van der Waals surface area (Å²) in [7, 11) is -3.89. The number of carbonyl (C=O) groups is 1. The van der Waals surface area contributed by atoms with Crippen LogP contribution in [0.3, 0.4) is 0 Å². The summed E-state index contributed by atoms with van der Waals surface area (Å²) in [6, 6.07) is 11.6. The molecule has 2 bridgehead atoms. The molecule has 2 aliphatic carbocycles. The van der Waals surface area contributed by atoms with Gasteiger partial charge in [0.25, 0.3) is 5.91 Å². The smallest absolute Gasteiger partial charge is 0.264 e. The van der Waals surface area contributed by atoms with Gasteiger partial charge >= 0.3 is 0 Å². The molecule has 5 aliphatic rings. The number of amides is 1. The molecular weight excluding hydrogens is 596 g/mol. The molecule has 0 aromatic heterocycles. The summed E-state index contributed by atoms with van der Waals surface area (Å²) in [5.41, 5.74) is 3.21. The zero-order valence-corrected chi connectivity index (χ0v) is 27.3. The number of fused-ring (bicyclic) bond motifs is 5. The number of aryl methyl sites for hydroxylation is 1. The first kappa shape index (κ1) is 30.1. The minimum atomic E-state index is -3.89. The molecule has 2 aromatic rings. The average molecular weight is 639 g/mol. The molecule has 7 nitrogen and oxygen atoms in total. The van der Waals surface area contributed by atoms with Gasteiger partial charge in [-0.3, -0.25) is 4.79 Å². The molecule has 2 fully saturated rings. The first-order valence-corrected chi connectivity index (χ1v) is 18.2. The number of nitrogens with one attached hydrogen (secondary N) is 1. The SMILES string of the molecule is C[C@@H]1[C@@H](C)C/C=C/[C@@]2(CCCO2)[C@@H]2CC[C@H]2CN2C[C@@]3(CCCc4cc(Cl)ccc43)COc3ccc(cc32)C(=O)NS1(=O)=O. The second-order valence-corrected chi connectivity index (χ2v) is 16.4. The maximum absolute atomic E-state index is 13.4. The van der Waals surface area contributed by atoms with Crippen LogP contribution in [0.5, 0.6) is 5.75 Å². The van der Waals surface area contributed by atoms with Crippen molar-refractivity contribution in [2.75, 3.05) is 31.2 Å². The van der Waals surface area contributed by atoms with Crippen molar-refractivity contribution in [3.8, 4) is 5.75 Å². The van der Waals surface area contributed by atoms with Crippen molar-refractivity contribution in [2.24, 2.45) is 17.8 Å². The Kier molecular flexibility index (Phi) is 7.78. The Bertz CT molecular complexity index is 1590. The number of allylic oxidation sites excluding steroid dienone is 1. The third kappa shape index (κ3) is 5.25. The van der Waals surface area contributed by atoms with Gasteiger partial charge in [0, 0.05) is 35.7 Å². The van der Waals surface area contributed by atoms with Gasteiger partial charge in [-0.15, -0.1) is 0 Å². The summed E-state index contributed by atoms with van der Waals surface area (Å²) in [5, 5.41) is 0.0199. The molecule has 1 saturated carbocycles. The van der Waals surface area contributed by atoms with Gasteiger partial charge in [0.05, 0.1) is 23.1 Å². The molecule has 1 N–H and O–H groups in total. The molecule has 1 amide bonds. The fourth-order valence-electron chi connectivity index (χ4n) is 8.46. The Morgan fingerprint density at radius 1 is 1.07 bits per heavy atom. The molecule has 3 aliphatic heterocycles. The topological polar surface area (TPSA) is 84.9 Å². The van der Waals surface area contributed by atoms with E-state index in [4.69, 9.17) is 21.1 Å². The van der Waals surface area contributed by atoms with E-state index in [9.17, 15) is 13.2 Å². The fourth-order valence-corrected chi connectivity index (χ4v) is 9.94. The highest BCUT2D eigenvalue weighted by molar-refractivity contribution is 7.90. The maximum Gasteiger partial charge on any atom is 0.264 e. The largest absolute Gasteiger partial charge is 0.490 e. The van der Waals surface area contributed by atoms with Gasteiger partial charge in [-0.2, -0.15) is 0 Å². The third-order valence-electron chi connectivity index (χ3n) is 11.3. The van der Waals surface area contributed by atoms with Crippen LogP contribution in [-0.4, -0.2) is 51.5 Å². The van der Waals surface area contributed by atoms with Crippen LogP contribution in [0.15, 0.2) is 48.6 Å². The van der Waals surface area contributed by atoms with Crippen LogP contribution in [0.2, 0.25) is 5.02 Å². The number of carbonyl (C=O) groups excluding carboxylic acids is 1. The molecule has 2 aromatic carbocycles. The lowest BCUT2D eigenvalue weighted by molar-refractivity contribution is -0.0626. The van der Waals surface area contributed by atoms with Crippen molar-refractivity contribution < 1.29 is 22.7 Å². The minimum Gasteiger partial charge on any atom is -0.490 e. The number of rotatable bonds is 0. The first-order chi connectivity index (χ1) is 21.1. The molecule has 1 saturated heterocycles. The predicted octanol–water partition coefficient (Wildman–Crippen LogP) is 6.43. The summed E-state index contributed by atoms with van der Waals surface area (Å²) < 4.78 is 42.2. The molecule has 7 rings (SSSR count). The van der Waals surface area contributed by atoms with Gasteiger partial charge in [0.2, 0.25) is 10.0 Å². The average Bonchev–Trinajstić information content (AvgIpc) is 3.38. The highest BCUT2D eigenvalue weighted by Gasteiger charge is 2.50. The van der Waals surface area contributed by atoms with Crippen LogP contribution in [0.4, 0.5) is 5.69 Å². The van der Waals surface area contributed by atoms with Crippen LogP contribution in [0.1, 0.15) is 80.3 Å². The normalized spacial score (nSPS) is 35.5. The Morgan fingerprint density at radius 3 is 2.70 bits per heavy atom. The molecule has 236 valence electrons. The van der Waals surface area contributed by atoms with Crippen LogP contribution in [0.25, 0.3) is 0 Å².